The van der Waals surface area contributed by atoms with Crippen LogP contribution in [-0.2, 0) is 9.59 Å². The number of aryl methyl sites for hydroxylation is 1. The quantitative estimate of drug-likeness (QED) is 0.597. The van der Waals surface area contributed by atoms with Gasteiger partial charge in [-0.1, -0.05) is 44.0 Å². The molecule has 0 radical (unpaired) electrons. The molecule has 0 aliphatic rings. The van der Waals surface area contributed by atoms with E-state index in [2.05, 4.69) is 31.0 Å². The first kappa shape index (κ1) is 23.0. The molecule has 0 saturated carbocycles. The van der Waals surface area contributed by atoms with Gasteiger partial charge < -0.3 is 15.2 Å². The lowest BCUT2D eigenvalue weighted by atomic mass is 9.96. The predicted octanol–water partition coefficient (Wildman–Crippen LogP) is 5.11. The molecular weight excluding hydrogens is 378 g/mol. The van der Waals surface area contributed by atoms with Crippen LogP contribution < -0.4 is 10.1 Å². The highest BCUT2D eigenvalue weighted by Crippen LogP contribution is 2.28. The maximum atomic E-state index is 12.6. The van der Waals surface area contributed by atoms with Crippen molar-refractivity contribution in [2.75, 3.05) is 5.32 Å². The normalized spacial score (nSPS) is 12.5. The number of amides is 1. The fourth-order valence-corrected chi connectivity index (χ4v) is 3.11. The average molecular weight is 408 g/mol. The van der Waals surface area contributed by atoms with Crippen molar-refractivity contribution in [3.8, 4) is 17.6 Å². The summed E-state index contributed by atoms with van der Waals surface area (Å²) in [5, 5.41) is 11.9. The maximum Gasteiger partial charge on any atom is 0.304 e. The van der Waals surface area contributed by atoms with E-state index in [1.54, 1.807) is 38.1 Å². The number of hydrogen-bond acceptors (Lipinski definition) is 3. The minimum atomic E-state index is -0.900. The highest BCUT2D eigenvalue weighted by Gasteiger charge is 2.18. The number of carboxylic acid groups (broad SMARTS) is 1. The minimum absolute atomic E-state index is 0.0634. The summed E-state index contributed by atoms with van der Waals surface area (Å²) in [5.74, 6) is 5.16. The minimum Gasteiger partial charge on any atom is -0.481 e. The molecule has 2 atom stereocenters. The van der Waals surface area contributed by atoms with Gasteiger partial charge in [0.2, 0.25) is 0 Å². The van der Waals surface area contributed by atoms with Crippen LogP contribution in [0.4, 0.5) is 5.69 Å². The molecule has 0 bridgehead atoms. The van der Waals surface area contributed by atoms with Gasteiger partial charge in [-0.15, -0.1) is 5.92 Å². The molecule has 2 unspecified atom stereocenters. The van der Waals surface area contributed by atoms with E-state index in [9.17, 15) is 9.59 Å². The largest absolute Gasteiger partial charge is 0.481 e. The zero-order valence-electron chi connectivity index (χ0n) is 18.2. The van der Waals surface area contributed by atoms with Gasteiger partial charge in [0.05, 0.1) is 12.3 Å². The topological polar surface area (TPSA) is 75.6 Å². The van der Waals surface area contributed by atoms with Crippen molar-refractivity contribution in [3.63, 3.8) is 0 Å². The monoisotopic (exact) mass is 407 g/mol. The lowest BCUT2D eigenvalue weighted by Crippen LogP contribution is -2.30. The molecule has 30 heavy (non-hydrogen) atoms. The Hall–Kier alpha value is -3.26. The molecule has 0 fully saturated rings. The molecule has 0 saturated heterocycles. The number of rotatable bonds is 8. The summed E-state index contributed by atoms with van der Waals surface area (Å²) in [6, 6.07) is 13.1. The predicted molar refractivity (Wildman–Crippen MR) is 119 cm³/mol. The number of benzene rings is 2. The fraction of sp³-hybridized carbons (Fsp3) is 0.360. The molecule has 158 valence electrons. The van der Waals surface area contributed by atoms with Crippen LogP contribution >= 0.6 is 0 Å². The second-order valence-electron chi connectivity index (χ2n) is 7.61. The molecule has 0 aliphatic heterocycles. The summed E-state index contributed by atoms with van der Waals surface area (Å²) >= 11 is 0. The van der Waals surface area contributed by atoms with E-state index in [-0.39, 0.29) is 24.2 Å². The van der Waals surface area contributed by atoms with E-state index >= 15 is 0 Å². The maximum absolute atomic E-state index is 12.6. The SMILES string of the molecule is CC#CC(CC(=O)O)c1ccc(NC(=O)C(C)Oc2cc(C)ccc2C(C)C)cc1. The zero-order valence-corrected chi connectivity index (χ0v) is 18.2. The summed E-state index contributed by atoms with van der Waals surface area (Å²) in [4.78, 5) is 23.7. The van der Waals surface area contributed by atoms with E-state index in [0.29, 0.717) is 5.69 Å². The third-order valence-corrected chi connectivity index (χ3v) is 4.74. The van der Waals surface area contributed by atoms with Crippen LogP contribution in [0.5, 0.6) is 5.75 Å². The van der Waals surface area contributed by atoms with E-state index in [1.165, 1.54) is 0 Å². The van der Waals surface area contributed by atoms with Gasteiger partial charge in [-0.2, -0.15) is 0 Å². The smallest absolute Gasteiger partial charge is 0.304 e. The summed E-state index contributed by atoms with van der Waals surface area (Å²) in [6.07, 6.45) is -0.735. The van der Waals surface area contributed by atoms with Crippen molar-refractivity contribution in [2.45, 2.75) is 59.0 Å². The van der Waals surface area contributed by atoms with Gasteiger partial charge in [-0.05, 0) is 61.6 Å². The van der Waals surface area contributed by atoms with Crippen molar-refractivity contribution >= 4 is 17.6 Å². The first-order valence-corrected chi connectivity index (χ1v) is 10.0. The third-order valence-electron chi connectivity index (χ3n) is 4.74. The van der Waals surface area contributed by atoms with Gasteiger partial charge in [-0.3, -0.25) is 9.59 Å². The van der Waals surface area contributed by atoms with Gasteiger partial charge in [0.25, 0.3) is 5.91 Å². The molecule has 2 rings (SSSR count). The number of carboxylic acids is 1. The molecule has 5 nitrogen and oxygen atoms in total. The Morgan fingerprint density at radius 2 is 1.77 bits per heavy atom. The van der Waals surface area contributed by atoms with E-state index in [1.807, 2.05) is 25.1 Å². The Bertz CT molecular complexity index is 951. The summed E-state index contributed by atoms with van der Waals surface area (Å²) in [7, 11) is 0. The standard InChI is InChI=1S/C25H29NO4/c1-6-7-20(15-24(27)28)19-9-11-21(12-10-19)26-25(29)18(5)30-23-14-17(4)8-13-22(23)16(2)3/h8-14,16,18,20H,15H2,1-5H3,(H,26,29)(H,27,28). The van der Waals surface area contributed by atoms with Crippen LogP contribution in [-0.4, -0.2) is 23.1 Å². The molecular formula is C25H29NO4. The summed E-state index contributed by atoms with van der Waals surface area (Å²) < 4.78 is 5.96. The van der Waals surface area contributed by atoms with Crippen LogP contribution in [0.3, 0.4) is 0 Å². The van der Waals surface area contributed by atoms with Gasteiger partial charge in [0, 0.05) is 5.69 Å². The average Bonchev–Trinajstić information content (AvgIpc) is 2.67. The number of hydrogen-bond donors (Lipinski definition) is 2. The highest BCUT2D eigenvalue weighted by atomic mass is 16.5. The van der Waals surface area contributed by atoms with E-state index < -0.39 is 12.1 Å². The van der Waals surface area contributed by atoms with Gasteiger partial charge in [0.1, 0.15) is 5.75 Å². The highest BCUT2D eigenvalue weighted by molar-refractivity contribution is 5.94. The van der Waals surface area contributed by atoms with Gasteiger partial charge in [0.15, 0.2) is 6.10 Å². The van der Waals surface area contributed by atoms with Crippen LogP contribution in [0, 0.1) is 18.8 Å². The summed E-state index contributed by atoms with van der Waals surface area (Å²) in [5.41, 5.74) is 3.55. The lowest BCUT2D eigenvalue weighted by Gasteiger charge is -2.19. The molecule has 2 N–H and O–H groups in total. The lowest BCUT2D eigenvalue weighted by molar-refractivity contribution is -0.137. The number of anilines is 1. The Morgan fingerprint density at radius 1 is 1.10 bits per heavy atom. The number of nitrogens with one attached hydrogen (secondary N) is 1. The van der Waals surface area contributed by atoms with E-state index in [0.717, 1.165) is 22.4 Å². The second kappa shape index (κ2) is 10.5. The van der Waals surface area contributed by atoms with Crippen LogP contribution in [0.2, 0.25) is 0 Å². The molecule has 1 amide bonds. The Labute approximate surface area is 178 Å². The molecule has 0 aromatic heterocycles. The number of aliphatic carboxylic acids is 1. The first-order valence-electron chi connectivity index (χ1n) is 10.0. The molecule has 0 aliphatic carbocycles. The molecule has 0 heterocycles. The van der Waals surface area contributed by atoms with Crippen LogP contribution in [0.1, 0.15) is 62.6 Å². The van der Waals surface area contributed by atoms with Crippen LogP contribution in [0.15, 0.2) is 42.5 Å². The van der Waals surface area contributed by atoms with Crippen molar-refractivity contribution in [3.05, 3.63) is 59.2 Å². The summed E-state index contributed by atoms with van der Waals surface area (Å²) in [6.45, 7) is 9.57. The van der Waals surface area contributed by atoms with Gasteiger partial charge >= 0.3 is 5.97 Å². The molecule has 5 heteroatoms. The number of carbonyl (C=O) groups excluding carboxylic acids is 1. The number of ether oxygens (including phenoxy) is 1. The molecule has 2 aromatic carbocycles. The molecule has 0 spiro atoms. The zero-order chi connectivity index (χ0) is 22.3. The van der Waals surface area contributed by atoms with E-state index in [4.69, 9.17) is 9.84 Å². The van der Waals surface area contributed by atoms with Crippen molar-refractivity contribution in [2.24, 2.45) is 0 Å². The Balaban J connectivity index is 2.08. The fourth-order valence-electron chi connectivity index (χ4n) is 3.11. The first-order chi connectivity index (χ1) is 14.2. The molecule has 2 aromatic rings. The Kier molecular flexibility index (Phi) is 8.06. The third kappa shape index (κ3) is 6.38. The van der Waals surface area contributed by atoms with Crippen molar-refractivity contribution in [1.82, 2.24) is 0 Å². The van der Waals surface area contributed by atoms with Gasteiger partial charge in [-0.25, -0.2) is 0 Å². The second-order valence-corrected chi connectivity index (χ2v) is 7.61. The number of carbonyl (C=O) groups is 2. The van der Waals surface area contributed by atoms with Crippen LogP contribution in [0.25, 0.3) is 0 Å². The Morgan fingerprint density at radius 3 is 2.33 bits per heavy atom. The van der Waals surface area contributed by atoms with Crippen molar-refractivity contribution in [1.29, 1.82) is 0 Å². The van der Waals surface area contributed by atoms with Crippen molar-refractivity contribution < 1.29 is 19.4 Å².